The van der Waals surface area contributed by atoms with Crippen LogP contribution in [0.15, 0.2) is 16.6 Å². The van der Waals surface area contributed by atoms with E-state index in [1.165, 1.54) is 37.8 Å². The molecule has 0 aromatic heterocycles. The maximum atomic E-state index is 5.92. The number of rotatable bonds is 3. The lowest BCUT2D eigenvalue weighted by Gasteiger charge is -2.29. The first-order valence-electron chi connectivity index (χ1n) is 7.12. The van der Waals surface area contributed by atoms with Crippen LogP contribution in [0, 0.1) is 5.92 Å². The Bertz CT molecular complexity index is 306. The molecule has 0 saturated heterocycles. The van der Waals surface area contributed by atoms with Gasteiger partial charge in [-0.2, -0.15) is 0 Å². The molecule has 0 radical (unpaired) electrons. The molecule has 17 heavy (non-hydrogen) atoms. The van der Waals surface area contributed by atoms with Crippen molar-refractivity contribution < 1.29 is 4.74 Å². The minimum atomic E-state index is 0.496. The Balaban J connectivity index is 1.91. The van der Waals surface area contributed by atoms with E-state index in [9.17, 15) is 0 Å². The van der Waals surface area contributed by atoms with E-state index in [1.54, 1.807) is 5.57 Å². The molecule has 0 amide bonds. The lowest BCUT2D eigenvalue weighted by atomic mass is 9.82. The fourth-order valence-electron chi connectivity index (χ4n) is 2.97. The van der Waals surface area contributed by atoms with Crippen molar-refractivity contribution in [3.8, 4) is 0 Å². The molecule has 0 N–H and O–H groups in total. The van der Waals surface area contributed by atoms with Crippen LogP contribution >= 0.6 is 0 Å². The summed E-state index contributed by atoms with van der Waals surface area (Å²) >= 11 is 0. The highest BCUT2D eigenvalue weighted by Crippen LogP contribution is 2.31. The van der Waals surface area contributed by atoms with Crippen LogP contribution in [-0.2, 0) is 4.74 Å². The minimum absolute atomic E-state index is 0.496. The summed E-state index contributed by atoms with van der Waals surface area (Å²) < 4.78 is 5.92. The van der Waals surface area contributed by atoms with E-state index in [0.29, 0.717) is 12.0 Å². The normalized spacial score (nSPS) is 29.8. The largest absolute Gasteiger partial charge is 0.378 e. The molecule has 0 aromatic carbocycles. The molecule has 1 aliphatic carbocycles. The smallest absolute Gasteiger partial charge is 0.0578 e. The van der Waals surface area contributed by atoms with E-state index < -0.39 is 0 Å². The topological polar surface area (TPSA) is 21.6 Å². The first kappa shape index (κ1) is 12.8. The molecule has 1 saturated carbocycles. The molecule has 2 aliphatic rings. The number of hydrogen-bond donors (Lipinski definition) is 0. The Hall–Kier alpha value is -0.630. The summed E-state index contributed by atoms with van der Waals surface area (Å²) in [5, 5.41) is 0. The molecule has 96 valence electrons. The van der Waals surface area contributed by atoms with Gasteiger partial charge in [0.05, 0.1) is 12.6 Å². The molecule has 2 heteroatoms. The quantitative estimate of drug-likeness (QED) is 0.682. The number of ether oxygens (including phenoxy) is 1. The number of allylic oxidation sites excluding steroid dienone is 1. The summed E-state index contributed by atoms with van der Waals surface area (Å²) in [7, 11) is 0. The fraction of sp³-hybridized carbons (Fsp3) is 0.800. The Kier molecular flexibility index (Phi) is 4.78. The van der Waals surface area contributed by atoms with Crippen LogP contribution in [0.3, 0.4) is 0 Å². The first-order chi connectivity index (χ1) is 8.31. The maximum absolute atomic E-state index is 5.92. The second-order valence-electron chi connectivity index (χ2n) is 5.28. The second kappa shape index (κ2) is 6.34. The molecule has 0 bridgehead atoms. The monoisotopic (exact) mass is 235 g/mol. The van der Waals surface area contributed by atoms with Gasteiger partial charge in [-0.25, -0.2) is 0 Å². The lowest BCUT2D eigenvalue weighted by molar-refractivity contribution is 0.0380. The van der Waals surface area contributed by atoms with E-state index in [1.807, 2.05) is 0 Å². The Morgan fingerprint density at radius 3 is 3.06 bits per heavy atom. The summed E-state index contributed by atoms with van der Waals surface area (Å²) in [6.07, 6.45) is 10.2. The zero-order valence-corrected chi connectivity index (χ0v) is 11.2. The number of hydrogen-bond acceptors (Lipinski definition) is 2. The van der Waals surface area contributed by atoms with Crippen LogP contribution in [0.5, 0.6) is 0 Å². The zero-order chi connectivity index (χ0) is 12.1. The van der Waals surface area contributed by atoms with E-state index in [-0.39, 0.29) is 0 Å². The highest BCUT2D eigenvalue weighted by atomic mass is 16.5. The molecule has 0 aromatic rings. The number of aliphatic imine (C=N–C) groups is 1. The third kappa shape index (κ3) is 3.41. The molecule has 0 spiro atoms. The van der Waals surface area contributed by atoms with Crippen molar-refractivity contribution in [3.05, 3.63) is 11.6 Å². The van der Waals surface area contributed by atoms with Crippen molar-refractivity contribution in [2.45, 2.75) is 58.5 Å². The minimum Gasteiger partial charge on any atom is -0.378 e. The fourth-order valence-corrected chi connectivity index (χ4v) is 2.97. The van der Waals surface area contributed by atoms with Gasteiger partial charge in [-0.15, -0.1) is 0 Å². The van der Waals surface area contributed by atoms with E-state index >= 15 is 0 Å². The highest BCUT2D eigenvalue weighted by molar-refractivity contribution is 5.87. The van der Waals surface area contributed by atoms with Crippen molar-refractivity contribution in [1.82, 2.24) is 0 Å². The summed E-state index contributed by atoms with van der Waals surface area (Å²) in [6.45, 7) is 6.21. The molecule has 2 unspecified atom stereocenters. The Morgan fingerprint density at radius 1 is 1.35 bits per heavy atom. The molecular weight excluding hydrogens is 210 g/mol. The first-order valence-corrected chi connectivity index (χ1v) is 7.12. The lowest BCUT2D eigenvalue weighted by Crippen LogP contribution is -2.24. The van der Waals surface area contributed by atoms with Gasteiger partial charge in [-0.3, -0.25) is 4.99 Å². The summed E-state index contributed by atoms with van der Waals surface area (Å²) in [4.78, 5) is 4.56. The maximum Gasteiger partial charge on any atom is 0.0578 e. The van der Waals surface area contributed by atoms with Crippen LogP contribution in [0.25, 0.3) is 0 Å². The van der Waals surface area contributed by atoms with Crippen LogP contribution < -0.4 is 0 Å². The van der Waals surface area contributed by atoms with Crippen LogP contribution in [0.2, 0.25) is 0 Å². The molecule has 2 rings (SSSR count). The van der Waals surface area contributed by atoms with E-state index in [4.69, 9.17) is 4.74 Å². The third-order valence-corrected chi connectivity index (χ3v) is 3.98. The van der Waals surface area contributed by atoms with Crippen molar-refractivity contribution in [2.24, 2.45) is 10.9 Å². The average Bonchev–Trinajstić information content (AvgIpc) is 2.30. The van der Waals surface area contributed by atoms with Gasteiger partial charge in [0, 0.05) is 18.2 Å². The molecule has 1 fully saturated rings. The van der Waals surface area contributed by atoms with Crippen LogP contribution in [0.4, 0.5) is 0 Å². The van der Waals surface area contributed by atoms with E-state index in [0.717, 1.165) is 19.6 Å². The van der Waals surface area contributed by atoms with Gasteiger partial charge in [0.25, 0.3) is 0 Å². The SMILES string of the molecule is CCCOC1CCCC2C(=CCN=C2C)CC1. The summed E-state index contributed by atoms with van der Waals surface area (Å²) in [5.41, 5.74) is 2.98. The molecular formula is C15H25NO. The van der Waals surface area contributed by atoms with Crippen molar-refractivity contribution in [1.29, 1.82) is 0 Å². The Labute approximate surface area is 105 Å². The number of dihydropyridines is 1. The number of fused-ring (bicyclic) bond motifs is 1. The van der Waals surface area contributed by atoms with Gasteiger partial charge in [-0.1, -0.05) is 18.6 Å². The zero-order valence-electron chi connectivity index (χ0n) is 11.2. The van der Waals surface area contributed by atoms with Crippen molar-refractivity contribution >= 4 is 5.71 Å². The van der Waals surface area contributed by atoms with Crippen LogP contribution in [-0.4, -0.2) is 25.0 Å². The molecule has 2 atom stereocenters. The van der Waals surface area contributed by atoms with Gasteiger partial charge in [0.1, 0.15) is 0 Å². The average molecular weight is 235 g/mol. The van der Waals surface area contributed by atoms with Gasteiger partial charge in [0.2, 0.25) is 0 Å². The summed E-state index contributed by atoms with van der Waals surface area (Å²) in [5.74, 6) is 0.649. The summed E-state index contributed by atoms with van der Waals surface area (Å²) in [6, 6.07) is 0. The third-order valence-electron chi connectivity index (χ3n) is 3.98. The van der Waals surface area contributed by atoms with Gasteiger partial charge in [0.15, 0.2) is 0 Å². The molecule has 1 heterocycles. The predicted octanol–water partition coefficient (Wildman–Crippen LogP) is 3.76. The second-order valence-corrected chi connectivity index (χ2v) is 5.28. The highest BCUT2D eigenvalue weighted by Gasteiger charge is 2.24. The van der Waals surface area contributed by atoms with Gasteiger partial charge < -0.3 is 4.74 Å². The van der Waals surface area contributed by atoms with Crippen molar-refractivity contribution in [3.63, 3.8) is 0 Å². The molecule has 2 nitrogen and oxygen atoms in total. The number of nitrogens with zero attached hydrogens (tertiary/aromatic N) is 1. The standard InChI is InChI=1S/C15H25NO/c1-3-11-17-14-5-4-6-15-12(2)16-10-9-13(15)7-8-14/h9,14-15H,3-8,10-11H2,1-2H3. The van der Waals surface area contributed by atoms with Gasteiger partial charge in [-0.05, 0) is 45.4 Å². The molecule has 1 aliphatic heterocycles. The van der Waals surface area contributed by atoms with Crippen molar-refractivity contribution in [2.75, 3.05) is 13.2 Å². The van der Waals surface area contributed by atoms with Gasteiger partial charge >= 0.3 is 0 Å². The van der Waals surface area contributed by atoms with Crippen LogP contribution in [0.1, 0.15) is 52.4 Å². The predicted molar refractivity (Wildman–Crippen MR) is 72.7 cm³/mol. The van der Waals surface area contributed by atoms with E-state index in [2.05, 4.69) is 24.9 Å². The Morgan fingerprint density at radius 2 is 2.24 bits per heavy atom.